The van der Waals surface area contributed by atoms with Crippen molar-refractivity contribution >= 4 is 35.3 Å². The number of ether oxygens (including phenoxy) is 1. The van der Waals surface area contributed by atoms with E-state index in [1.54, 1.807) is 18.2 Å². The number of hydrogen-bond donors (Lipinski definition) is 2. The van der Waals surface area contributed by atoms with Crippen LogP contribution < -0.4 is 10.2 Å². The first-order valence-electron chi connectivity index (χ1n) is 9.66. The molecule has 0 saturated carbocycles. The molecular weight excluding hydrogens is 435 g/mol. The number of carbonyl (C=O) groups excluding carboxylic acids is 1. The number of nitrogens with one attached hydrogen (secondary N) is 1. The topological polar surface area (TPSA) is 70.9 Å². The second-order valence-corrected chi connectivity index (χ2v) is 8.05. The number of phenols is 1. The van der Waals surface area contributed by atoms with Gasteiger partial charge >= 0.3 is 0 Å². The van der Waals surface area contributed by atoms with E-state index in [0.717, 1.165) is 5.56 Å². The number of aromatic hydroxyl groups is 1. The molecule has 0 fully saturated rings. The Hall–Kier alpha value is -3.02. The Balaban J connectivity index is 1.57. The molecule has 0 aliphatic carbocycles. The average molecular weight is 457 g/mol. The van der Waals surface area contributed by atoms with E-state index in [0.29, 0.717) is 28.9 Å². The Labute approximate surface area is 191 Å². The summed E-state index contributed by atoms with van der Waals surface area (Å²) in [6.07, 6.45) is 1.47. The fourth-order valence-corrected chi connectivity index (χ4v) is 3.18. The Morgan fingerprint density at radius 2 is 1.81 bits per heavy atom. The van der Waals surface area contributed by atoms with E-state index < -0.39 is 5.91 Å². The maximum Gasteiger partial charge on any atom is 0.271 e. The van der Waals surface area contributed by atoms with Gasteiger partial charge in [-0.3, -0.25) is 4.79 Å². The van der Waals surface area contributed by atoms with Crippen LogP contribution in [0.1, 0.15) is 46.8 Å². The van der Waals surface area contributed by atoms with Crippen molar-refractivity contribution in [1.82, 2.24) is 5.43 Å². The van der Waals surface area contributed by atoms with E-state index in [-0.39, 0.29) is 16.3 Å². The molecule has 3 aromatic rings. The van der Waals surface area contributed by atoms with Crippen LogP contribution in [0.25, 0.3) is 0 Å². The number of nitrogens with zero attached hydrogens (tertiary/aromatic N) is 1. The van der Waals surface area contributed by atoms with Crippen LogP contribution in [0.2, 0.25) is 10.0 Å². The van der Waals surface area contributed by atoms with Gasteiger partial charge in [-0.25, -0.2) is 5.43 Å². The van der Waals surface area contributed by atoms with Crippen molar-refractivity contribution in [3.05, 3.63) is 93.0 Å². The highest BCUT2D eigenvalue weighted by molar-refractivity contribution is 6.32. The number of hydrazone groups is 1. The molecule has 0 aliphatic heterocycles. The van der Waals surface area contributed by atoms with Crippen LogP contribution in [0.15, 0.2) is 65.8 Å². The monoisotopic (exact) mass is 456 g/mol. The zero-order valence-electron chi connectivity index (χ0n) is 17.1. The number of halogens is 2. The van der Waals surface area contributed by atoms with Gasteiger partial charge in [0.15, 0.2) is 0 Å². The van der Waals surface area contributed by atoms with Gasteiger partial charge in [0.2, 0.25) is 0 Å². The third kappa shape index (κ3) is 6.23. The molecule has 7 heteroatoms. The predicted molar refractivity (Wildman–Crippen MR) is 124 cm³/mol. The first-order valence-corrected chi connectivity index (χ1v) is 10.4. The molecule has 3 rings (SSSR count). The number of amides is 1. The van der Waals surface area contributed by atoms with Crippen LogP contribution in [0.4, 0.5) is 0 Å². The van der Waals surface area contributed by atoms with E-state index in [1.807, 2.05) is 12.1 Å². The highest BCUT2D eigenvalue weighted by Crippen LogP contribution is 2.26. The Morgan fingerprint density at radius 3 is 2.45 bits per heavy atom. The largest absolute Gasteiger partial charge is 0.506 e. The lowest BCUT2D eigenvalue weighted by Gasteiger charge is -2.10. The number of phenolic OH excluding ortho intramolecular Hbond substituents is 1. The summed E-state index contributed by atoms with van der Waals surface area (Å²) in [4.78, 5) is 12.1. The molecule has 0 radical (unpaired) electrons. The number of benzene rings is 3. The highest BCUT2D eigenvalue weighted by atomic mass is 35.5. The van der Waals surface area contributed by atoms with Crippen LogP contribution in [-0.2, 0) is 6.61 Å². The second kappa shape index (κ2) is 10.3. The van der Waals surface area contributed by atoms with Crippen molar-refractivity contribution in [2.24, 2.45) is 5.10 Å². The van der Waals surface area contributed by atoms with Crippen molar-refractivity contribution in [3.8, 4) is 11.5 Å². The van der Waals surface area contributed by atoms with Gasteiger partial charge in [0.05, 0.1) is 16.3 Å². The molecule has 3 aromatic carbocycles. The molecule has 31 heavy (non-hydrogen) atoms. The first-order chi connectivity index (χ1) is 14.8. The summed E-state index contributed by atoms with van der Waals surface area (Å²) < 4.78 is 5.82. The molecule has 0 heterocycles. The van der Waals surface area contributed by atoms with E-state index in [1.165, 1.54) is 30.0 Å². The molecule has 5 nitrogen and oxygen atoms in total. The number of hydrogen-bond acceptors (Lipinski definition) is 4. The normalized spacial score (nSPS) is 11.1. The number of rotatable bonds is 7. The van der Waals surface area contributed by atoms with Crippen molar-refractivity contribution in [2.75, 3.05) is 0 Å². The number of carbonyl (C=O) groups is 1. The summed E-state index contributed by atoms with van der Waals surface area (Å²) in [6.45, 7) is 4.73. The van der Waals surface area contributed by atoms with Gasteiger partial charge in [0.25, 0.3) is 5.91 Å². The summed E-state index contributed by atoms with van der Waals surface area (Å²) >= 11 is 12.1. The van der Waals surface area contributed by atoms with Gasteiger partial charge in [0.1, 0.15) is 18.1 Å². The minimum atomic E-state index is -0.451. The second-order valence-electron chi connectivity index (χ2n) is 7.24. The lowest BCUT2D eigenvalue weighted by atomic mass is 10.0. The van der Waals surface area contributed by atoms with Crippen molar-refractivity contribution in [3.63, 3.8) is 0 Å². The molecule has 0 atom stereocenters. The smallest absolute Gasteiger partial charge is 0.271 e. The Kier molecular flexibility index (Phi) is 7.55. The molecule has 0 aliphatic rings. The van der Waals surface area contributed by atoms with Crippen LogP contribution in [-0.4, -0.2) is 17.2 Å². The van der Waals surface area contributed by atoms with Crippen LogP contribution in [0.5, 0.6) is 11.5 Å². The molecule has 1 amide bonds. The zero-order chi connectivity index (χ0) is 22.4. The van der Waals surface area contributed by atoms with E-state index >= 15 is 0 Å². The molecule has 160 valence electrons. The van der Waals surface area contributed by atoms with Gasteiger partial charge in [-0.05, 0) is 59.0 Å². The summed E-state index contributed by atoms with van der Waals surface area (Å²) in [5.41, 5.74) is 5.72. The zero-order valence-corrected chi connectivity index (χ0v) is 18.6. The molecule has 0 unspecified atom stereocenters. The maximum atomic E-state index is 12.1. The van der Waals surface area contributed by atoms with Crippen molar-refractivity contribution < 1.29 is 14.6 Å². The Morgan fingerprint density at radius 1 is 1.06 bits per heavy atom. The molecular formula is C24H22Cl2N2O3. The fourth-order valence-electron chi connectivity index (χ4n) is 2.75. The predicted octanol–water partition coefficient (Wildman–Crippen LogP) is 6.17. The van der Waals surface area contributed by atoms with E-state index in [9.17, 15) is 9.90 Å². The SMILES string of the molecule is CC(C)c1ccc(COc2ccc(/C=N/NC(=O)c3ccc(O)c(Cl)c3)cc2Cl)cc1. The van der Waals surface area contributed by atoms with E-state index in [4.69, 9.17) is 27.9 Å². The molecule has 0 saturated heterocycles. The lowest BCUT2D eigenvalue weighted by Crippen LogP contribution is -2.17. The summed E-state index contributed by atoms with van der Waals surface area (Å²) in [7, 11) is 0. The molecule has 0 spiro atoms. The summed E-state index contributed by atoms with van der Waals surface area (Å²) in [6, 6.07) is 17.7. The molecule has 0 bridgehead atoms. The average Bonchev–Trinajstić information content (AvgIpc) is 2.75. The van der Waals surface area contributed by atoms with Gasteiger partial charge in [-0.2, -0.15) is 5.10 Å². The molecule has 2 N–H and O–H groups in total. The summed E-state index contributed by atoms with van der Waals surface area (Å²) in [5, 5.41) is 13.9. The Bertz CT molecular complexity index is 1100. The maximum absolute atomic E-state index is 12.1. The molecule has 0 aromatic heterocycles. The van der Waals surface area contributed by atoms with Crippen LogP contribution >= 0.6 is 23.2 Å². The fraction of sp³-hybridized carbons (Fsp3) is 0.167. The minimum Gasteiger partial charge on any atom is -0.506 e. The summed E-state index contributed by atoms with van der Waals surface area (Å²) in [5.74, 6) is 0.510. The quantitative estimate of drug-likeness (QED) is 0.330. The van der Waals surface area contributed by atoms with Gasteiger partial charge in [0, 0.05) is 5.56 Å². The first kappa shape index (κ1) is 22.7. The lowest BCUT2D eigenvalue weighted by molar-refractivity contribution is 0.0955. The third-order valence-electron chi connectivity index (χ3n) is 4.59. The van der Waals surface area contributed by atoms with Crippen molar-refractivity contribution in [1.29, 1.82) is 0 Å². The standard InChI is InChI=1S/C24H22Cl2N2O3/c1-15(2)18-6-3-16(4-7-18)14-31-23-10-5-17(11-21(23)26)13-27-28-24(30)19-8-9-22(29)20(25)12-19/h3-13,15,29H,14H2,1-2H3,(H,28,30)/b27-13+. The van der Waals surface area contributed by atoms with Gasteiger partial charge in [-0.15, -0.1) is 0 Å². The van der Waals surface area contributed by atoms with Gasteiger partial charge < -0.3 is 9.84 Å². The van der Waals surface area contributed by atoms with Crippen molar-refractivity contribution in [2.45, 2.75) is 26.4 Å². The third-order valence-corrected chi connectivity index (χ3v) is 5.18. The van der Waals surface area contributed by atoms with Crippen LogP contribution in [0.3, 0.4) is 0 Å². The van der Waals surface area contributed by atoms with Crippen LogP contribution in [0, 0.1) is 0 Å². The highest BCUT2D eigenvalue weighted by Gasteiger charge is 2.08. The van der Waals surface area contributed by atoms with Gasteiger partial charge in [-0.1, -0.05) is 61.3 Å². The minimum absolute atomic E-state index is 0.0914. The van der Waals surface area contributed by atoms with E-state index in [2.05, 4.69) is 36.5 Å².